The lowest BCUT2D eigenvalue weighted by Crippen LogP contribution is -2.56. The van der Waals surface area contributed by atoms with E-state index >= 15 is 0 Å². The number of ether oxygens (including phenoxy) is 1. The van der Waals surface area contributed by atoms with Gasteiger partial charge in [0.2, 0.25) is 0 Å². The molecule has 7 nitrogen and oxygen atoms in total. The molecule has 0 aromatic heterocycles. The normalized spacial score (nSPS) is 23.8. The highest BCUT2D eigenvalue weighted by atomic mass is 16.6. The van der Waals surface area contributed by atoms with Crippen LogP contribution in [0.4, 0.5) is 9.59 Å². The van der Waals surface area contributed by atoms with Crippen molar-refractivity contribution in [3.63, 3.8) is 0 Å². The molecule has 29 heavy (non-hydrogen) atoms. The smallest absolute Gasteiger partial charge is 0.407 e. The summed E-state index contributed by atoms with van der Waals surface area (Å²) in [7, 11) is 0. The number of carbonyl (C=O) groups excluding carboxylic acids is 1. The van der Waals surface area contributed by atoms with E-state index in [4.69, 9.17) is 4.74 Å². The van der Waals surface area contributed by atoms with Crippen molar-refractivity contribution in [1.82, 2.24) is 15.5 Å². The minimum Gasteiger partial charge on any atom is -0.465 e. The standard InChI is InChI=1S/C22H33N3O4/c1-22(2,3)29-21(28)23-18-14-25(13-15-9-10-15)12-11-17(18)19(24-20(26)27)16-7-5-4-6-8-16/h4-8,15,17-19,24H,9-14H2,1-3H3,(H,23,28)(H,26,27). The van der Waals surface area contributed by atoms with Gasteiger partial charge in [0.15, 0.2) is 0 Å². The largest absolute Gasteiger partial charge is 0.465 e. The van der Waals surface area contributed by atoms with Gasteiger partial charge in [-0.25, -0.2) is 9.59 Å². The number of hydrogen-bond donors (Lipinski definition) is 3. The third-order valence-corrected chi connectivity index (χ3v) is 5.53. The number of amides is 2. The monoisotopic (exact) mass is 403 g/mol. The Kier molecular flexibility index (Phi) is 6.67. The molecule has 160 valence electrons. The van der Waals surface area contributed by atoms with Gasteiger partial charge < -0.3 is 25.4 Å². The Labute approximate surface area is 172 Å². The second-order valence-electron chi connectivity index (χ2n) is 9.25. The van der Waals surface area contributed by atoms with E-state index < -0.39 is 23.8 Å². The Bertz CT molecular complexity index is 700. The van der Waals surface area contributed by atoms with Crippen molar-refractivity contribution in [2.75, 3.05) is 19.6 Å². The number of alkyl carbamates (subject to hydrolysis) is 1. The van der Waals surface area contributed by atoms with Gasteiger partial charge in [-0.1, -0.05) is 30.3 Å². The van der Waals surface area contributed by atoms with Crippen LogP contribution in [0.15, 0.2) is 30.3 Å². The van der Waals surface area contributed by atoms with Crippen LogP contribution in [0.2, 0.25) is 0 Å². The van der Waals surface area contributed by atoms with Crippen molar-refractivity contribution in [2.45, 2.75) is 57.7 Å². The number of nitrogens with one attached hydrogen (secondary N) is 2. The van der Waals surface area contributed by atoms with Crippen LogP contribution in [0.1, 0.15) is 51.6 Å². The highest BCUT2D eigenvalue weighted by Gasteiger charge is 2.39. The summed E-state index contributed by atoms with van der Waals surface area (Å²) in [4.78, 5) is 26.4. The molecular formula is C22H33N3O4. The molecule has 3 rings (SSSR count). The molecule has 1 aromatic carbocycles. The fourth-order valence-corrected chi connectivity index (χ4v) is 4.11. The summed E-state index contributed by atoms with van der Waals surface area (Å²) >= 11 is 0. The molecule has 0 radical (unpaired) electrons. The average molecular weight is 404 g/mol. The molecule has 1 saturated heterocycles. The van der Waals surface area contributed by atoms with Gasteiger partial charge >= 0.3 is 12.2 Å². The summed E-state index contributed by atoms with van der Waals surface area (Å²) in [5, 5.41) is 15.2. The Balaban J connectivity index is 1.79. The van der Waals surface area contributed by atoms with Gasteiger partial charge in [0.1, 0.15) is 5.60 Å². The van der Waals surface area contributed by atoms with Crippen molar-refractivity contribution >= 4 is 12.2 Å². The zero-order chi connectivity index (χ0) is 21.0. The summed E-state index contributed by atoms with van der Waals surface area (Å²) < 4.78 is 5.48. The molecule has 2 amide bonds. The zero-order valence-electron chi connectivity index (χ0n) is 17.6. The Hall–Kier alpha value is -2.28. The summed E-state index contributed by atoms with van der Waals surface area (Å²) in [6, 6.07) is 9.00. The third-order valence-electron chi connectivity index (χ3n) is 5.53. The molecule has 1 heterocycles. The van der Waals surface area contributed by atoms with Crippen molar-refractivity contribution in [3.05, 3.63) is 35.9 Å². The van der Waals surface area contributed by atoms with E-state index in [-0.39, 0.29) is 12.0 Å². The zero-order valence-corrected chi connectivity index (χ0v) is 17.6. The van der Waals surface area contributed by atoms with E-state index in [1.165, 1.54) is 12.8 Å². The average Bonchev–Trinajstić information content (AvgIpc) is 3.43. The fraction of sp³-hybridized carbons (Fsp3) is 0.636. The van der Waals surface area contributed by atoms with Crippen LogP contribution in [-0.4, -0.2) is 53.5 Å². The molecule has 0 spiro atoms. The molecule has 1 aliphatic heterocycles. The van der Waals surface area contributed by atoms with Crippen LogP contribution >= 0.6 is 0 Å². The van der Waals surface area contributed by atoms with Crippen LogP contribution in [0.5, 0.6) is 0 Å². The molecule has 3 atom stereocenters. The van der Waals surface area contributed by atoms with Crippen molar-refractivity contribution in [2.24, 2.45) is 11.8 Å². The van der Waals surface area contributed by atoms with E-state index in [0.29, 0.717) is 6.54 Å². The maximum atomic E-state index is 12.5. The predicted molar refractivity (Wildman–Crippen MR) is 111 cm³/mol. The van der Waals surface area contributed by atoms with Gasteiger partial charge in [-0.15, -0.1) is 0 Å². The third kappa shape index (κ3) is 6.63. The fourth-order valence-electron chi connectivity index (χ4n) is 4.11. The molecule has 7 heteroatoms. The first-order valence-corrected chi connectivity index (χ1v) is 10.5. The molecule has 1 saturated carbocycles. The van der Waals surface area contributed by atoms with Gasteiger partial charge in [0, 0.05) is 19.0 Å². The van der Waals surface area contributed by atoms with Gasteiger partial charge in [0.25, 0.3) is 0 Å². The lowest BCUT2D eigenvalue weighted by Gasteiger charge is -2.42. The van der Waals surface area contributed by atoms with Gasteiger partial charge in [-0.2, -0.15) is 0 Å². The van der Waals surface area contributed by atoms with Crippen molar-refractivity contribution in [1.29, 1.82) is 0 Å². The molecule has 3 N–H and O–H groups in total. The summed E-state index contributed by atoms with van der Waals surface area (Å²) in [5.41, 5.74) is 0.326. The highest BCUT2D eigenvalue weighted by Crippen LogP contribution is 2.35. The molecular weight excluding hydrogens is 370 g/mol. The second-order valence-corrected chi connectivity index (χ2v) is 9.25. The van der Waals surface area contributed by atoms with Gasteiger partial charge in [-0.3, -0.25) is 0 Å². The number of hydrogen-bond acceptors (Lipinski definition) is 4. The Morgan fingerprint density at radius 3 is 2.48 bits per heavy atom. The van der Waals surface area contributed by atoms with Crippen LogP contribution in [0.25, 0.3) is 0 Å². The maximum absolute atomic E-state index is 12.5. The minimum absolute atomic E-state index is 0.0588. The molecule has 0 bridgehead atoms. The van der Waals surface area contributed by atoms with E-state index in [2.05, 4.69) is 15.5 Å². The SMILES string of the molecule is CC(C)(C)OC(=O)NC1CN(CC2CC2)CCC1C(NC(=O)O)c1ccccc1. The van der Waals surface area contributed by atoms with E-state index in [1.807, 2.05) is 51.1 Å². The number of piperidine rings is 1. The van der Waals surface area contributed by atoms with E-state index in [1.54, 1.807) is 0 Å². The first kappa shape index (κ1) is 21.4. The van der Waals surface area contributed by atoms with Crippen LogP contribution < -0.4 is 10.6 Å². The number of rotatable bonds is 6. The quantitative estimate of drug-likeness (QED) is 0.675. The van der Waals surface area contributed by atoms with Crippen molar-refractivity contribution < 1.29 is 19.4 Å². The first-order valence-electron chi connectivity index (χ1n) is 10.5. The molecule has 2 aliphatic rings. The predicted octanol–water partition coefficient (Wildman–Crippen LogP) is 3.62. The summed E-state index contributed by atoms with van der Waals surface area (Å²) in [6.07, 6.45) is 1.83. The minimum atomic E-state index is -1.06. The number of carbonyl (C=O) groups is 2. The molecule has 2 fully saturated rings. The van der Waals surface area contributed by atoms with Crippen LogP contribution in [0, 0.1) is 11.8 Å². The molecule has 3 unspecified atom stereocenters. The number of benzene rings is 1. The Morgan fingerprint density at radius 1 is 1.21 bits per heavy atom. The van der Waals surface area contributed by atoms with Crippen LogP contribution in [-0.2, 0) is 4.74 Å². The van der Waals surface area contributed by atoms with Gasteiger partial charge in [-0.05, 0) is 58.1 Å². The summed E-state index contributed by atoms with van der Waals surface area (Å²) in [6.45, 7) is 8.15. The van der Waals surface area contributed by atoms with Crippen molar-refractivity contribution in [3.8, 4) is 0 Å². The topological polar surface area (TPSA) is 90.9 Å². The van der Waals surface area contributed by atoms with E-state index in [9.17, 15) is 14.7 Å². The molecule has 1 aromatic rings. The number of likely N-dealkylation sites (tertiary alicyclic amines) is 1. The van der Waals surface area contributed by atoms with Crippen LogP contribution in [0.3, 0.4) is 0 Å². The number of carboxylic acid groups (broad SMARTS) is 1. The number of nitrogens with zero attached hydrogens (tertiary/aromatic N) is 1. The lowest BCUT2D eigenvalue weighted by atomic mass is 9.81. The maximum Gasteiger partial charge on any atom is 0.407 e. The second kappa shape index (κ2) is 9.03. The lowest BCUT2D eigenvalue weighted by molar-refractivity contribution is 0.0400. The Morgan fingerprint density at radius 2 is 1.90 bits per heavy atom. The molecule has 1 aliphatic carbocycles. The van der Waals surface area contributed by atoms with Gasteiger partial charge in [0.05, 0.1) is 12.1 Å². The van der Waals surface area contributed by atoms with E-state index in [0.717, 1.165) is 31.0 Å². The summed E-state index contributed by atoms with van der Waals surface area (Å²) in [5.74, 6) is 0.701. The first-order chi connectivity index (χ1) is 13.7. The highest BCUT2D eigenvalue weighted by molar-refractivity contribution is 5.68.